The third-order valence-electron chi connectivity index (χ3n) is 3.72. The lowest BCUT2D eigenvalue weighted by Crippen LogP contribution is -2.21. The van der Waals surface area contributed by atoms with Crippen LogP contribution in [0.2, 0.25) is 0 Å². The Morgan fingerprint density at radius 3 is 2.59 bits per heavy atom. The molecule has 0 radical (unpaired) electrons. The topological polar surface area (TPSA) is 64.8 Å². The minimum atomic E-state index is -0.264. The van der Waals surface area contributed by atoms with E-state index >= 15 is 0 Å². The van der Waals surface area contributed by atoms with Crippen LogP contribution in [0.25, 0.3) is 0 Å². The van der Waals surface area contributed by atoms with E-state index in [4.69, 9.17) is 0 Å². The molecular formula is C16H16FN5. The summed E-state index contributed by atoms with van der Waals surface area (Å²) in [5.41, 5.74) is 1.39. The Bertz CT molecular complexity index is 687. The molecule has 1 aromatic carbocycles. The van der Waals surface area contributed by atoms with Gasteiger partial charge in [-0.1, -0.05) is 12.1 Å². The fourth-order valence-electron chi connectivity index (χ4n) is 2.57. The van der Waals surface area contributed by atoms with Crippen molar-refractivity contribution in [1.29, 1.82) is 5.26 Å². The maximum Gasteiger partial charge on any atom is 0.152 e. The lowest BCUT2D eigenvalue weighted by atomic mass is 10.2. The monoisotopic (exact) mass is 297 g/mol. The molecule has 0 atom stereocenters. The van der Waals surface area contributed by atoms with Crippen LogP contribution < -0.4 is 10.2 Å². The van der Waals surface area contributed by atoms with Crippen LogP contribution in [0.3, 0.4) is 0 Å². The Kier molecular flexibility index (Phi) is 4.15. The number of anilines is 2. The molecule has 2 aromatic rings. The van der Waals surface area contributed by atoms with Crippen molar-refractivity contribution in [2.24, 2.45) is 0 Å². The average molecular weight is 297 g/mol. The highest BCUT2D eigenvalue weighted by Crippen LogP contribution is 2.25. The van der Waals surface area contributed by atoms with Crippen LogP contribution >= 0.6 is 0 Å². The van der Waals surface area contributed by atoms with Gasteiger partial charge >= 0.3 is 0 Å². The summed E-state index contributed by atoms with van der Waals surface area (Å²) in [5.74, 6) is 0.945. The van der Waals surface area contributed by atoms with Gasteiger partial charge in [-0.05, 0) is 30.5 Å². The summed E-state index contributed by atoms with van der Waals surface area (Å²) in [5, 5.41) is 12.6. The molecule has 0 amide bonds. The molecule has 0 spiro atoms. The van der Waals surface area contributed by atoms with Gasteiger partial charge in [0.25, 0.3) is 0 Å². The van der Waals surface area contributed by atoms with Gasteiger partial charge in [0.05, 0.1) is 0 Å². The molecule has 0 bridgehead atoms. The van der Waals surface area contributed by atoms with Crippen LogP contribution in [0.1, 0.15) is 24.0 Å². The Hall–Kier alpha value is -2.68. The minimum Gasteiger partial charge on any atom is -0.365 e. The molecule has 5 nitrogen and oxygen atoms in total. The molecule has 0 unspecified atom stereocenters. The van der Waals surface area contributed by atoms with Crippen LogP contribution in [0, 0.1) is 17.1 Å². The van der Waals surface area contributed by atoms with Crippen molar-refractivity contribution in [1.82, 2.24) is 9.97 Å². The quantitative estimate of drug-likeness (QED) is 0.940. The van der Waals surface area contributed by atoms with Crippen molar-refractivity contribution >= 4 is 11.6 Å². The van der Waals surface area contributed by atoms with Crippen molar-refractivity contribution in [3.63, 3.8) is 0 Å². The molecule has 1 aliphatic heterocycles. The van der Waals surface area contributed by atoms with E-state index in [1.165, 1.54) is 18.5 Å². The lowest BCUT2D eigenvalue weighted by Gasteiger charge is -2.18. The van der Waals surface area contributed by atoms with E-state index in [1.807, 2.05) is 0 Å². The number of rotatable bonds is 4. The van der Waals surface area contributed by atoms with Crippen LogP contribution in [0.4, 0.5) is 16.0 Å². The Balaban J connectivity index is 1.79. The molecule has 1 fully saturated rings. The summed E-state index contributed by atoms with van der Waals surface area (Å²) in [6.07, 6.45) is 3.71. The number of hydrogen-bond donors (Lipinski definition) is 1. The molecule has 3 rings (SSSR count). The van der Waals surface area contributed by atoms with E-state index in [1.54, 1.807) is 12.1 Å². The highest BCUT2D eigenvalue weighted by molar-refractivity contribution is 5.65. The summed E-state index contributed by atoms with van der Waals surface area (Å²) in [4.78, 5) is 10.5. The van der Waals surface area contributed by atoms with Crippen LogP contribution in [-0.2, 0) is 6.54 Å². The van der Waals surface area contributed by atoms with Crippen molar-refractivity contribution in [2.75, 3.05) is 23.3 Å². The van der Waals surface area contributed by atoms with Gasteiger partial charge in [0.1, 0.15) is 29.6 Å². The fourth-order valence-corrected chi connectivity index (χ4v) is 2.57. The third kappa shape index (κ3) is 2.98. The van der Waals surface area contributed by atoms with Gasteiger partial charge in [0.2, 0.25) is 0 Å². The first-order valence-corrected chi connectivity index (χ1v) is 7.26. The number of halogens is 1. The molecule has 22 heavy (non-hydrogen) atoms. The van der Waals surface area contributed by atoms with Crippen molar-refractivity contribution < 1.29 is 4.39 Å². The maximum absolute atomic E-state index is 12.9. The SMILES string of the molecule is N#Cc1c(NCc2ccc(F)cc2)ncnc1N1CCCC1. The van der Waals surface area contributed by atoms with Crippen molar-refractivity contribution in [2.45, 2.75) is 19.4 Å². The van der Waals surface area contributed by atoms with Crippen LogP contribution in [0.5, 0.6) is 0 Å². The Labute approximate surface area is 128 Å². The highest BCUT2D eigenvalue weighted by Gasteiger charge is 2.20. The zero-order chi connectivity index (χ0) is 15.4. The molecule has 0 saturated carbocycles. The van der Waals surface area contributed by atoms with E-state index in [0.717, 1.165) is 31.5 Å². The van der Waals surface area contributed by atoms with E-state index in [0.29, 0.717) is 23.7 Å². The first-order valence-electron chi connectivity index (χ1n) is 7.26. The zero-order valence-electron chi connectivity index (χ0n) is 12.1. The van der Waals surface area contributed by atoms with Gasteiger partial charge in [0, 0.05) is 19.6 Å². The number of hydrogen-bond acceptors (Lipinski definition) is 5. The van der Waals surface area contributed by atoms with Gasteiger partial charge in [-0.15, -0.1) is 0 Å². The van der Waals surface area contributed by atoms with E-state index in [2.05, 4.69) is 26.3 Å². The second-order valence-electron chi connectivity index (χ2n) is 5.21. The van der Waals surface area contributed by atoms with E-state index in [-0.39, 0.29) is 5.82 Å². The Morgan fingerprint density at radius 1 is 1.18 bits per heavy atom. The highest BCUT2D eigenvalue weighted by atomic mass is 19.1. The number of nitriles is 1. The largest absolute Gasteiger partial charge is 0.365 e. The molecule has 1 saturated heterocycles. The summed E-state index contributed by atoms with van der Waals surface area (Å²) >= 11 is 0. The predicted octanol–water partition coefficient (Wildman–Crippen LogP) is 2.70. The normalized spacial score (nSPS) is 13.9. The zero-order valence-corrected chi connectivity index (χ0v) is 12.1. The fraction of sp³-hybridized carbons (Fsp3) is 0.312. The molecular weight excluding hydrogens is 281 g/mol. The van der Waals surface area contributed by atoms with Gasteiger partial charge in [0.15, 0.2) is 5.82 Å². The number of nitrogens with zero attached hydrogens (tertiary/aromatic N) is 4. The predicted molar refractivity (Wildman–Crippen MR) is 81.9 cm³/mol. The summed E-state index contributed by atoms with van der Waals surface area (Å²) < 4.78 is 12.9. The summed E-state index contributed by atoms with van der Waals surface area (Å²) in [6, 6.07) is 8.44. The third-order valence-corrected chi connectivity index (χ3v) is 3.72. The Morgan fingerprint density at radius 2 is 1.91 bits per heavy atom. The maximum atomic E-state index is 12.9. The van der Waals surface area contributed by atoms with Crippen LogP contribution in [-0.4, -0.2) is 23.1 Å². The smallest absolute Gasteiger partial charge is 0.152 e. The lowest BCUT2D eigenvalue weighted by molar-refractivity contribution is 0.627. The van der Waals surface area contributed by atoms with E-state index < -0.39 is 0 Å². The number of nitrogens with one attached hydrogen (secondary N) is 1. The van der Waals surface area contributed by atoms with Crippen molar-refractivity contribution in [3.05, 3.63) is 47.5 Å². The summed E-state index contributed by atoms with van der Waals surface area (Å²) in [7, 11) is 0. The van der Waals surface area contributed by atoms with Gasteiger partial charge in [-0.3, -0.25) is 0 Å². The second-order valence-corrected chi connectivity index (χ2v) is 5.21. The van der Waals surface area contributed by atoms with Crippen molar-refractivity contribution in [3.8, 4) is 6.07 Å². The molecule has 1 aromatic heterocycles. The first-order chi connectivity index (χ1) is 10.8. The molecule has 1 N–H and O–H groups in total. The number of aromatic nitrogens is 2. The standard InChI is InChI=1S/C16H16FN5/c17-13-5-3-12(4-6-13)10-19-15-14(9-18)16(21-11-20-15)22-7-1-2-8-22/h3-6,11H,1-2,7-8,10H2,(H,19,20,21). The second kappa shape index (κ2) is 6.39. The molecule has 6 heteroatoms. The van der Waals surface area contributed by atoms with Gasteiger partial charge in [-0.25, -0.2) is 14.4 Å². The van der Waals surface area contributed by atoms with Crippen LogP contribution in [0.15, 0.2) is 30.6 Å². The molecule has 112 valence electrons. The first kappa shape index (κ1) is 14.3. The number of benzene rings is 1. The van der Waals surface area contributed by atoms with Gasteiger partial charge in [-0.2, -0.15) is 5.26 Å². The molecule has 0 aliphatic carbocycles. The average Bonchev–Trinajstić information content (AvgIpc) is 3.08. The summed E-state index contributed by atoms with van der Waals surface area (Å²) in [6.45, 7) is 2.32. The molecule has 2 heterocycles. The minimum absolute atomic E-state index is 0.264. The molecule has 1 aliphatic rings. The van der Waals surface area contributed by atoms with Gasteiger partial charge < -0.3 is 10.2 Å². The van der Waals surface area contributed by atoms with E-state index in [9.17, 15) is 9.65 Å².